The van der Waals surface area contributed by atoms with Crippen LogP contribution in [0.1, 0.15) is 12.8 Å². The summed E-state index contributed by atoms with van der Waals surface area (Å²) in [6.45, 7) is 0.995. The minimum absolute atomic E-state index is 0.117. The molecule has 0 atom stereocenters. The highest BCUT2D eigenvalue weighted by Crippen LogP contribution is 2.41. The van der Waals surface area contributed by atoms with Crippen LogP contribution in [-0.2, 0) is 9.84 Å². The highest BCUT2D eigenvalue weighted by atomic mass is 32.2. The average molecular weight is 441 g/mol. The topological polar surface area (TPSA) is 99.2 Å². The number of aromatic amines is 1. The number of pyridine rings is 1. The van der Waals surface area contributed by atoms with Gasteiger partial charge in [-0.25, -0.2) is 17.8 Å². The van der Waals surface area contributed by atoms with Gasteiger partial charge in [0.2, 0.25) is 0 Å². The highest BCUT2D eigenvalue weighted by molar-refractivity contribution is 7.91. The third-order valence-corrected chi connectivity index (χ3v) is 6.88. The third kappa shape index (κ3) is 3.53. The number of anilines is 1. The van der Waals surface area contributed by atoms with E-state index in [4.69, 9.17) is 4.98 Å². The van der Waals surface area contributed by atoms with Crippen LogP contribution in [-0.4, -0.2) is 54.2 Å². The fourth-order valence-corrected chi connectivity index (χ4v) is 5.32. The second kappa shape index (κ2) is 7.28. The number of H-pyrrole nitrogens is 1. The van der Waals surface area contributed by atoms with Gasteiger partial charge in [-0.15, -0.1) is 0 Å². The summed E-state index contributed by atoms with van der Waals surface area (Å²) in [5, 5.41) is 18.4. The summed E-state index contributed by atoms with van der Waals surface area (Å²) in [5.74, 6) is -0.0365. The number of nitrogens with zero attached hydrogens (tertiary/aromatic N) is 3. The number of sulfone groups is 1. The molecule has 9 heteroatoms. The van der Waals surface area contributed by atoms with Gasteiger partial charge in [-0.1, -0.05) is 12.1 Å². The third-order valence-electron chi connectivity index (χ3n) is 5.75. The number of nitrogens with one attached hydrogen (secondary N) is 1. The van der Waals surface area contributed by atoms with Gasteiger partial charge in [0.05, 0.1) is 23.3 Å². The minimum atomic E-state index is -3.70. The predicted molar refractivity (Wildman–Crippen MR) is 117 cm³/mol. The molecule has 2 N–H and O–H groups in total. The van der Waals surface area contributed by atoms with E-state index in [2.05, 4.69) is 10.2 Å². The summed E-state index contributed by atoms with van der Waals surface area (Å²) in [6, 6.07) is 9.52. The zero-order chi connectivity index (χ0) is 21.8. The molecule has 2 aromatic carbocycles. The Kier molecular flexibility index (Phi) is 4.67. The lowest BCUT2D eigenvalue weighted by Gasteiger charge is -2.32. The molecule has 0 unspecified atom stereocenters. The van der Waals surface area contributed by atoms with Crippen molar-refractivity contribution >= 4 is 37.5 Å². The molecule has 2 aromatic heterocycles. The average Bonchev–Trinajstić information content (AvgIpc) is 3.19. The Morgan fingerprint density at radius 2 is 1.87 bits per heavy atom. The maximum Gasteiger partial charge on any atom is 0.179 e. The van der Waals surface area contributed by atoms with Crippen molar-refractivity contribution in [1.29, 1.82) is 0 Å². The fraction of sp³-hybridized carbons (Fsp3) is 0.273. The number of fused-ring (bicyclic) bond motifs is 2. The van der Waals surface area contributed by atoms with E-state index in [-0.39, 0.29) is 4.90 Å². The van der Waals surface area contributed by atoms with Gasteiger partial charge < -0.3 is 10.0 Å². The Balaban J connectivity index is 1.89. The van der Waals surface area contributed by atoms with Gasteiger partial charge >= 0.3 is 0 Å². The van der Waals surface area contributed by atoms with E-state index in [9.17, 15) is 17.9 Å². The van der Waals surface area contributed by atoms with Gasteiger partial charge in [0.1, 0.15) is 16.5 Å². The van der Waals surface area contributed by atoms with Crippen molar-refractivity contribution in [3.8, 4) is 11.1 Å². The first-order valence-electron chi connectivity index (χ1n) is 10.0. The first-order valence-corrected chi connectivity index (χ1v) is 11.9. The smallest absolute Gasteiger partial charge is 0.179 e. The quantitative estimate of drug-likeness (QED) is 0.507. The Bertz CT molecular complexity index is 1390. The zero-order valence-electron chi connectivity index (χ0n) is 16.8. The summed E-state index contributed by atoms with van der Waals surface area (Å²) < 4.78 is 39.8. The standard InChI is InChI=1S/C22H21FN4O3S/c1-31(29,30)21-20(13-2-4-15(23)5-3-13)17-10-14-12-24-26-18(14)11-19(17)25-22(21)27-8-6-16(28)7-9-27/h2-5,10-12,16,28H,6-9H2,1H3,(H,24,26). The summed E-state index contributed by atoms with van der Waals surface area (Å²) in [7, 11) is -3.70. The van der Waals surface area contributed by atoms with Crippen molar-refractivity contribution in [1.82, 2.24) is 15.2 Å². The number of benzene rings is 2. The molecule has 160 valence electrons. The molecule has 4 aromatic rings. The highest BCUT2D eigenvalue weighted by Gasteiger charge is 2.29. The van der Waals surface area contributed by atoms with Gasteiger partial charge in [-0.05, 0) is 42.7 Å². The number of hydrogen-bond acceptors (Lipinski definition) is 6. The maximum absolute atomic E-state index is 13.6. The summed E-state index contributed by atoms with van der Waals surface area (Å²) in [5.41, 5.74) is 2.49. The lowest BCUT2D eigenvalue weighted by molar-refractivity contribution is 0.145. The molecular weight excluding hydrogens is 419 g/mol. The van der Waals surface area contributed by atoms with E-state index >= 15 is 0 Å². The molecule has 5 rings (SSSR count). The van der Waals surface area contributed by atoms with Crippen LogP contribution in [0.2, 0.25) is 0 Å². The van der Waals surface area contributed by atoms with Crippen molar-refractivity contribution in [2.45, 2.75) is 23.8 Å². The molecule has 0 amide bonds. The van der Waals surface area contributed by atoms with Gasteiger partial charge in [0, 0.05) is 35.7 Å². The largest absolute Gasteiger partial charge is 0.393 e. The van der Waals surface area contributed by atoms with Gasteiger partial charge in [0.25, 0.3) is 0 Å². The number of halogens is 1. The molecule has 3 heterocycles. The number of aliphatic hydroxyl groups excluding tert-OH is 1. The van der Waals surface area contributed by atoms with Crippen molar-refractivity contribution in [3.05, 3.63) is 48.4 Å². The van der Waals surface area contributed by atoms with Crippen molar-refractivity contribution in [2.24, 2.45) is 0 Å². The van der Waals surface area contributed by atoms with E-state index in [1.165, 1.54) is 18.4 Å². The number of piperidine rings is 1. The van der Waals surface area contributed by atoms with E-state index in [1.807, 2.05) is 17.0 Å². The SMILES string of the molecule is CS(=O)(=O)c1c(N2CCC(O)CC2)nc2cc3[nH]ncc3cc2c1-c1ccc(F)cc1. The van der Waals surface area contributed by atoms with E-state index in [0.717, 1.165) is 10.9 Å². The van der Waals surface area contributed by atoms with Crippen LogP contribution in [0.4, 0.5) is 10.2 Å². The Morgan fingerprint density at radius 1 is 1.16 bits per heavy atom. The monoisotopic (exact) mass is 440 g/mol. The second-order valence-corrected chi connectivity index (χ2v) is 9.92. The number of rotatable bonds is 3. The molecule has 0 saturated carbocycles. The first kappa shape index (κ1) is 19.9. The van der Waals surface area contributed by atoms with E-state index < -0.39 is 21.8 Å². The zero-order valence-corrected chi connectivity index (χ0v) is 17.7. The molecule has 7 nitrogen and oxygen atoms in total. The van der Waals surface area contributed by atoms with Crippen molar-refractivity contribution < 1.29 is 17.9 Å². The van der Waals surface area contributed by atoms with Crippen LogP contribution < -0.4 is 4.90 Å². The fourth-order valence-electron chi connectivity index (χ4n) is 4.22. The molecule has 0 bridgehead atoms. The van der Waals surface area contributed by atoms with Gasteiger partial charge in [-0.2, -0.15) is 5.10 Å². The number of aromatic nitrogens is 3. The van der Waals surface area contributed by atoms with Crippen LogP contribution in [0.25, 0.3) is 32.9 Å². The molecule has 0 radical (unpaired) electrons. The normalized spacial score (nSPS) is 15.8. The summed E-state index contributed by atoms with van der Waals surface area (Å²) in [6.07, 6.45) is 3.51. The minimum Gasteiger partial charge on any atom is -0.393 e. The molecule has 1 aliphatic rings. The molecule has 1 aliphatic heterocycles. The maximum atomic E-state index is 13.6. The number of hydrogen-bond donors (Lipinski definition) is 2. The van der Waals surface area contributed by atoms with Crippen LogP contribution in [0.5, 0.6) is 0 Å². The predicted octanol–water partition coefficient (Wildman–Crippen LogP) is 3.28. The molecule has 1 fully saturated rings. The van der Waals surface area contributed by atoms with E-state index in [0.29, 0.717) is 53.8 Å². The van der Waals surface area contributed by atoms with Crippen LogP contribution in [0.3, 0.4) is 0 Å². The molecule has 1 saturated heterocycles. The Morgan fingerprint density at radius 3 is 2.55 bits per heavy atom. The molecule has 0 aliphatic carbocycles. The Hall–Kier alpha value is -3.04. The van der Waals surface area contributed by atoms with Gasteiger partial charge in [-0.3, -0.25) is 5.10 Å². The molecule has 0 spiro atoms. The van der Waals surface area contributed by atoms with Crippen molar-refractivity contribution in [3.63, 3.8) is 0 Å². The van der Waals surface area contributed by atoms with Gasteiger partial charge in [0.15, 0.2) is 9.84 Å². The van der Waals surface area contributed by atoms with Crippen LogP contribution in [0.15, 0.2) is 47.5 Å². The van der Waals surface area contributed by atoms with Crippen LogP contribution >= 0.6 is 0 Å². The van der Waals surface area contributed by atoms with E-state index in [1.54, 1.807) is 18.3 Å². The summed E-state index contributed by atoms with van der Waals surface area (Å²) >= 11 is 0. The summed E-state index contributed by atoms with van der Waals surface area (Å²) in [4.78, 5) is 6.79. The lowest BCUT2D eigenvalue weighted by atomic mass is 9.99. The second-order valence-electron chi connectivity index (χ2n) is 7.96. The Labute approximate surface area is 178 Å². The molecular formula is C22H21FN4O3S. The lowest BCUT2D eigenvalue weighted by Crippen LogP contribution is -2.37. The molecule has 31 heavy (non-hydrogen) atoms. The van der Waals surface area contributed by atoms with Crippen molar-refractivity contribution in [2.75, 3.05) is 24.2 Å². The van der Waals surface area contributed by atoms with Crippen LogP contribution in [0, 0.1) is 5.82 Å². The number of aliphatic hydroxyl groups is 1. The first-order chi connectivity index (χ1) is 14.8.